The van der Waals surface area contributed by atoms with Crippen LogP contribution in [0.2, 0.25) is 5.15 Å². The number of carbonyl (C=O) groups excluding carboxylic acids is 1. The van der Waals surface area contributed by atoms with E-state index in [2.05, 4.69) is 15.3 Å². The van der Waals surface area contributed by atoms with Gasteiger partial charge in [-0.05, 0) is 50.6 Å². The predicted octanol–water partition coefficient (Wildman–Crippen LogP) is 5.36. The first-order valence-electron chi connectivity index (χ1n) is 7.32. The van der Waals surface area contributed by atoms with E-state index in [0.717, 1.165) is 21.3 Å². The number of nitrogens with zero attached hydrogens (tertiary/aromatic N) is 2. The Bertz CT molecular complexity index is 902. The molecule has 0 saturated heterocycles. The SMILES string of the molecule is CC(C)(C)OC(=O)Nc1cc(-c2csc3ccc(Cl)nc23)ccn1. The first-order chi connectivity index (χ1) is 11.3. The Morgan fingerprint density at radius 2 is 2.08 bits per heavy atom. The maximum Gasteiger partial charge on any atom is 0.413 e. The summed E-state index contributed by atoms with van der Waals surface area (Å²) >= 11 is 7.60. The minimum atomic E-state index is -0.564. The normalized spacial score (nSPS) is 11.5. The molecule has 0 aliphatic carbocycles. The van der Waals surface area contributed by atoms with E-state index in [0.29, 0.717) is 11.0 Å². The molecule has 0 atom stereocenters. The predicted molar refractivity (Wildman–Crippen MR) is 97.7 cm³/mol. The van der Waals surface area contributed by atoms with Gasteiger partial charge in [0.25, 0.3) is 0 Å². The molecule has 0 aromatic carbocycles. The van der Waals surface area contributed by atoms with Gasteiger partial charge in [-0.15, -0.1) is 11.3 Å². The highest BCUT2D eigenvalue weighted by molar-refractivity contribution is 7.17. The van der Waals surface area contributed by atoms with E-state index in [9.17, 15) is 4.79 Å². The maximum atomic E-state index is 11.9. The minimum absolute atomic E-state index is 0.420. The van der Waals surface area contributed by atoms with Crippen LogP contribution in [-0.2, 0) is 4.74 Å². The Morgan fingerprint density at radius 3 is 2.83 bits per heavy atom. The lowest BCUT2D eigenvalue weighted by molar-refractivity contribution is 0.0635. The number of anilines is 1. The third-order valence-corrected chi connectivity index (χ3v) is 4.23. The second kappa shape index (κ2) is 6.37. The number of rotatable bonds is 2. The summed E-state index contributed by atoms with van der Waals surface area (Å²) in [4.78, 5) is 20.4. The number of aromatic nitrogens is 2. The van der Waals surface area contributed by atoms with Crippen molar-refractivity contribution in [2.24, 2.45) is 0 Å². The number of carbonyl (C=O) groups is 1. The third kappa shape index (κ3) is 3.83. The van der Waals surface area contributed by atoms with E-state index in [4.69, 9.17) is 16.3 Å². The molecule has 7 heteroatoms. The van der Waals surface area contributed by atoms with Crippen LogP contribution < -0.4 is 5.32 Å². The number of hydrogen-bond donors (Lipinski definition) is 1. The molecule has 0 aliphatic heterocycles. The van der Waals surface area contributed by atoms with Crippen molar-refractivity contribution in [1.29, 1.82) is 0 Å². The summed E-state index contributed by atoms with van der Waals surface area (Å²) in [7, 11) is 0. The van der Waals surface area contributed by atoms with Crippen LogP contribution in [0.15, 0.2) is 35.8 Å². The Morgan fingerprint density at radius 1 is 1.29 bits per heavy atom. The highest BCUT2D eigenvalue weighted by Gasteiger charge is 2.17. The zero-order valence-corrected chi connectivity index (χ0v) is 15.0. The molecule has 0 bridgehead atoms. The molecule has 24 heavy (non-hydrogen) atoms. The molecule has 0 fully saturated rings. The fourth-order valence-electron chi connectivity index (χ4n) is 2.17. The largest absolute Gasteiger partial charge is 0.444 e. The fourth-order valence-corrected chi connectivity index (χ4v) is 3.22. The molecule has 3 aromatic rings. The molecular weight excluding hydrogens is 346 g/mol. The second-order valence-electron chi connectivity index (χ2n) is 6.19. The van der Waals surface area contributed by atoms with E-state index < -0.39 is 11.7 Å². The van der Waals surface area contributed by atoms with Crippen molar-refractivity contribution in [3.05, 3.63) is 41.0 Å². The summed E-state index contributed by atoms with van der Waals surface area (Å²) in [6.07, 6.45) is 1.10. The molecule has 0 saturated carbocycles. The van der Waals surface area contributed by atoms with E-state index in [-0.39, 0.29) is 0 Å². The van der Waals surface area contributed by atoms with E-state index in [1.165, 1.54) is 0 Å². The Balaban J connectivity index is 1.90. The lowest BCUT2D eigenvalue weighted by Gasteiger charge is -2.19. The standard InChI is InChI=1S/C17H16ClN3O2S/c1-17(2,3)23-16(22)21-14-8-10(6-7-19-14)11-9-24-12-4-5-13(18)20-15(11)12/h4-9H,1-3H3,(H,19,21,22). The summed E-state index contributed by atoms with van der Waals surface area (Å²) < 4.78 is 6.29. The van der Waals surface area contributed by atoms with Crippen molar-refractivity contribution in [3.63, 3.8) is 0 Å². The number of pyridine rings is 2. The van der Waals surface area contributed by atoms with Crippen LogP contribution in [0.25, 0.3) is 21.3 Å². The van der Waals surface area contributed by atoms with Crippen molar-refractivity contribution in [2.45, 2.75) is 26.4 Å². The van der Waals surface area contributed by atoms with Gasteiger partial charge in [0.1, 0.15) is 16.6 Å². The average Bonchev–Trinajstić information content (AvgIpc) is 2.88. The molecule has 3 rings (SSSR count). The number of ether oxygens (including phenoxy) is 1. The van der Waals surface area contributed by atoms with Gasteiger partial charge in [-0.25, -0.2) is 14.8 Å². The van der Waals surface area contributed by atoms with E-state index in [1.54, 1.807) is 29.7 Å². The molecule has 3 aromatic heterocycles. The van der Waals surface area contributed by atoms with Crippen LogP contribution >= 0.6 is 22.9 Å². The summed E-state index contributed by atoms with van der Waals surface area (Å²) in [5.74, 6) is 0.420. The second-order valence-corrected chi connectivity index (χ2v) is 7.49. The van der Waals surface area contributed by atoms with Gasteiger partial charge < -0.3 is 4.74 Å². The van der Waals surface area contributed by atoms with Gasteiger partial charge in [-0.3, -0.25) is 5.32 Å². The van der Waals surface area contributed by atoms with Crippen LogP contribution in [0.1, 0.15) is 20.8 Å². The zero-order chi connectivity index (χ0) is 17.3. The van der Waals surface area contributed by atoms with Crippen molar-refractivity contribution in [1.82, 2.24) is 9.97 Å². The number of hydrogen-bond acceptors (Lipinski definition) is 5. The molecule has 0 spiro atoms. The van der Waals surface area contributed by atoms with Crippen LogP contribution in [-0.4, -0.2) is 21.7 Å². The molecule has 0 unspecified atom stereocenters. The lowest BCUT2D eigenvalue weighted by atomic mass is 10.1. The van der Waals surface area contributed by atoms with Gasteiger partial charge in [-0.2, -0.15) is 0 Å². The van der Waals surface area contributed by atoms with Crippen LogP contribution in [0.5, 0.6) is 0 Å². The van der Waals surface area contributed by atoms with Gasteiger partial charge in [0.05, 0.1) is 10.2 Å². The first kappa shape index (κ1) is 16.7. The number of nitrogens with one attached hydrogen (secondary N) is 1. The minimum Gasteiger partial charge on any atom is -0.444 e. The summed E-state index contributed by atoms with van der Waals surface area (Å²) in [5.41, 5.74) is 2.12. The highest BCUT2D eigenvalue weighted by atomic mass is 35.5. The Kier molecular flexibility index (Phi) is 4.43. The van der Waals surface area contributed by atoms with Gasteiger partial charge >= 0.3 is 6.09 Å². The van der Waals surface area contributed by atoms with E-state index in [1.807, 2.05) is 38.3 Å². The Labute approximate surface area is 148 Å². The number of amides is 1. The number of fused-ring (bicyclic) bond motifs is 1. The van der Waals surface area contributed by atoms with Gasteiger partial charge in [0.15, 0.2) is 0 Å². The fraction of sp³-hybridized carbons (Fsp3) is 0.235. The quantitative estimate of drug-likeness (QED) is 0.624. The molecule has 0 radical (unpaired) electrons. The van der Waals surface area contributed by atoms with Crippen LogP contribution in [0, 0.1) is 0 Å². The molecular formula is C17H16ClN3O2S. The summed E-state index contributed by atoms with van der Waals surface area (Å²) in [6.45, 7) is 5.43. The smallest absolute Gasteiger partial charge is 0.413 e. The summed E-state index contributed by atoms with van der Waals surface area (Å²) in [6, 6.07) is 7.37. The average molecular weight is 362 g/mol. The zero-order valence-electron chi connectivity index (χ0n) is 13.5. The van der Waals surface area contributed by atoms with Crippen molar-refractivity contribution >= 4 is 45.1 Å². The monoisotopic (exact) mass is 361 g/mol. The number of thiophene rings is 1. The molecule has 1 amide bonds. The van der Waals surface area contributed by atoms with Crippen LogP contribution in [0.4, 0.5) is 10.6 Å². The highest BCUT2D eigenvalue weighted by Crippen LogP contribution is 2.34. The van der Waals surface area contributed by atoms with Gasteiger partial charge in [-0.1, -0.05) is 11.6 Å². The van der Waals surface area contributed by atoms with Crippen molar-refractivity contribution < 1.29 is 9.53 Å². The molecule has 124 valence electrons. The summed E-state index contributed by atoms with van der Waals surface area (Å²) in [5, 5.41) is 5.11. The molecule has 0 aliphatic rings. The number of halogens is 1. The molecule has 1 N–H and O–H groups in total. The van der Waals surface area contributed by atoms with Gasteiger partial charge in [0, 0.05) is 17.1 Å². The van der Waals surface area contributed by atoms with E-state index >= 15 is 0 Å². The lowest BCUT2D eigenvalue weighted by Crippen LogP contribution is -2.27. The Hall–Kier alpha value is -2.18. The molecule has 5 nitrogen and oxygen atoms in total. The molecule has 3 heterocycles. The third-order valence-electron chi connectivity index (χ3n) is 3.08. The van der Waals surface area contributed by atoms with Crippen molar-refractivity contribution in [2.75, 3.05) is 5.32 Å². The van der Waals surface area contributed by atoms with Gasteiger partial charge in [0.2, 0.25) is 0 Å². The topological polar surface area (TPSA) is 64.1 Å². The van der Waals surface area contributed by atoms with Crippen LogP contribution in [0.3, 0.4) is 0 Å². The van der Waals surface area contributed by atoms with Crippen molar-refractivity contribution in [3.8, 4) is 11.1 Å². The first-order valence-corrected chi connectivity index (χ1v) is 8.58. The maximum absolute atomic E-state index is 11.9.